The number of rotatable bonds is 0. The molecule has 1 saturated heterocycles. The van der Waals surface area contributed by atoms with Gasteiger partial charge in [0.15, 0.2) is 0 Å². The van der Waals surface area contributed by atoms with Crippen LogP contribution in [0.1, 0.15) is 25.7 Å². The summed E-state index contributed by atoms with van der Waals surface area (Å²) >= 11 is 6.73. The van der Waals surface area contributed by atoms with Crippen molar-refractivity contribution >= 4 is 34.9 Å². The number of hydrogen-bond donors (Lipinski definition) is 1. The largest absolute Gasteiger partial charge is 0.315 e. The minimum absolute atomic E-state index is 0.0392. The van der Waals surface area contributed by atoms with Crippen LogP contribution in [0.4, 0.5) is 0 Å². The van der Waals surface area contributed by atoms with Gasteiger partial charge < -0.3 is 5.32 Å². The molecule has 1 heterocycles. The number of hydrogen-bond acceptors (Lipinski definition) is 3. The fourth-order valence-electron chi connectivity index (χ4n) is 1.71. The average molecular weight is 213 g/mol. The lowest BCUT2D eigenvalue weighted by Crippen LogP contribution is -2.35. The van der Waals surface area contributed by atoms with Gasteiger partial charge in [-0.25, -0.2) is 0 Å². The van der Waals surface area contributed by atoms with Crippen molar-refractivity contribution in [1.29, 1.82) is 0 Å². The van der Waals surface area contributed by atoms with Crippen molar-refractivity contribution in [2.75, 3.05) is 5.75 Å². The molecule has 2 rings (SSSR count). The summed E-state index contributed by atoms with van der Waals surface area (Å²) in [6.07, 6.45) is 4.88. The van der Waals surface area contributed by atoms with Crippen molar-refractivity contribution < 1.29 is 4.79 Å². The summed E-state index contributed by atoms with van der Waals surface area (Å²) in [5.41, 5.74) is 1.45. The second-order valence-electron chi connectivity index (χ2n) is 3.31. The summed E-state index contributed by atoms with van der Waals surface area (Å²) in [6.45, 7) is 0. The fraction of sp³-hybridized carbons (Fsp3) is 0.556. The molecular formula is C9H11NOS2. The highest BCUT2D eigenvalue weighted by Gasteiger charge is 2.22. The van der Waals surface area contributed by atoms with Gasteiger partial charge in [0.05, 0.1) is 5.75 Å². The van der Waals surface area contributed by atoms with Crippen LogP contribution in [0.5, 0.6) is 0 Å². The van der Waals surface area contributed by atoms with E-state index in [0.29, 0.717) is 10.7 Å². The number of allylic oxidation sites excluding steroid dienone is 1. The Kier molecular flexibility index (Phi) is 2.69. The van der Waals surface area contributed by atoms with Crippen LogP contribution >= 0.6 is 24.0 Å². The number of carbonyl (C=O) groups is 1. The zero-order chi connectivity index (χ0) is 9.26. The molecule has 2 fully saturated rings. The Morgan fingerprint density at radius 2 is 2.00 bits per heavy atom. The first-order chi connectivity index (χ1) is 6.27. The molecule has 2 nitrogen and oxygen atoms in total. The van der Waals surface area contributed by atoms with E-state index in [9.17, 15) is 4.79 Å². The topological polar surface area (TPSA) is 29.1 Å². The summed E-state index contributed by atoms with van der Waals surface area (Å²) in [6, 6.07) is 0. The standard InChI is InChI=1S/C9H11NOS2/c11-7-5-13-8(9(12)10-7)6-3-1-2-4-6/h1-5H2,(H,10,11,12). The molecule has 1 N–H and O–H groups in total. The molecule has 0 aromatic heterocycles. The van der Waals surface area contributed by atoms with Crippen LogP contribution in [0.3, 0.4) is 0 Å². The van der Waals surface area contributed by atoms with Crippen molar-refractivity contribution in [2.45, 2.75) is 25.7 Å². The van der Waals surface area contributed by atoms with Gasteiger partial charge in [0.1, 0.15) is 4.99 Å². The van der Waals surface area contributed by atoms with Crippen LogP contribution < -0.4 is 5.32 Å². The number of amides is 1. The van der Waals surface area contributed by atoms with Crippen LogP contribution in [-0.4, -0.2) is 16.6 Å². The summed E-state index contributed by atoms with van der Waals surface area (Å²) in [4.78, 5) is 12.8. The zero-order valence-corrected chi connectivity index (χ0v) is 8.89. The minimum atomic E-state index is 0.0392. The van der Waals surface area contributed by atoms with E-state index < -0.39 is 0 Å². The smallest absolute Gasteiger partial charge is 0.235 e. The van der Waals surface area contributed by atoms with Gasteiger partial charge >= 0.3 is 0 Å². The molecule has 0 radical (unpaired) electrons. The number of nitrogens with one attached hydrogen (secondary N) is 1. The molecule has 0 spiro atoms. The summed E-state index contributed by atoms with van der Waals surface area (Å²) in [7, 11) is 0. The van der Waals surface area contributed by atoms with Crippen molar-refractivity contribution in [3.05, 3.63) is 10.5 Å². The second-order valence-corrected chi connectivity index (χ2v) is 4.70. The van der Waals surface area contributed by atoms with Gasteiger partial charge in [0.25, 0.3) is 0 Å². The quantitative estimate of drug-likeness (QED) is 0.493. The Labute approximate surface area is 87.2 Å². The fourth-order valence-corrected chi connectivity index (χ4v) is 3.09. The Hall–Kier alpha value is -0.350. The SMILES string of the molecule is O=C1CSC(=C2CCCC2)C(=S)N1. The van der Waals surface area contributed by atoms with Gasteiger partial charge in [0.2, 0.25) is 5.91 Å². The Morgan fingerprint density at radius 1 is 1.31 bits per heavy atom. The predicted molar refractivity (Wildman–Crippen MR) is 58.7 cm³/mol. The van der Waals surface area contributed by atoms with E-state index in [1.54, 1.807) is 11.8 Å². The Morgan fingerprint density at radius 3 is 2.62 bits per heavy atom. The lowest BCUT2D eigenvalue weighted by atomic mass is 10.2. The first kappa shape index (κ1) is 9.21. The molecule has 1 aliphatic carbocycles. The van der Waals surface area contributed by atoms with Crippen LogP contribution in [0.25, 0.3) is 0 Å². The van der Waals surface area contributed by atoms with Crippen LogP contribution in [-0.2, 0) is 4.79 Å². The second kappa shape index (κ2) is 3.80. The van der Waals surface area contributed by atoms with Gasteiger partial charge in [-0.05, 0) is 25.7 Å². The first-order valence-electron chi connectivity index (χ1n) is 4.46. The van der Waals surface area contributed by atoms with Gasteiger partial charge in [-0.3, -0.25) is 4.79 Å². The summed E-state index contributed by atoms with van der Waals surface area (Å²) < 4.78 is 0. The van der Waals surface area contributed by atoms with E-state index >= 15 is 0 Å². The predicted octanol–water partition coefficient (Wildman–Crippen LogP) is 2.00. The maximum Gasteiger partial charge on any atom is 0.235 e. The molecule has 2 aliphatic rings. The summed E-state index contributed by atoms with van der Waals surface area (Å²) in [5, 5.41) is 2.72. The zero-order valence-electron chi connectivity index (χ0n) is 7.26. The molecule has 70 valence electrons. The lowest BCUT2D eigenvalue weighted by Gasteiger charge is -2.18. The molecule has 0 aromatic rings. The van der Waals surface area contributed by atoms with Crippen LogP contribution in [0, 0.1) is 0 Å². The normalized spacial score (nSPS) is 23.7. The first-order valence-corrected chi connectivity index (χ1v) is 5.86. The third-order valence-electron chi connectivity index (χ3n) is 2.34. The van der Waals surface area contributed by atoms with E-state index in [2.05, 4.69) is 5.32 Å². The number of thiocarbonyl (C=S) groups is 1. The van der Waals surface area contributed by atoms with Crippen LogP contribution in [0.15, 0.2) is 10.5 Å². The van der Waals surface area contributed by atoms with Crippen molar-refractivity contribution in [3.63, 3.8) is 0 Å². The molecule has 13 heavy (non-hydrogen) atoms. The number of thioether (sulfide) groups is 1. The molecule has 0 atom stereocenters. The molecule has 0 bridgehead atoms. The van der Waals surface area contributed by atoms with E-state index in [1.165, 1.54) is 36.2 Å². The maximum atomic E-state index is 11.0. The lowest BCUT2D eigenvalue weighted by molar-refractivity contribution is -0.117. The highest BCUT2D eigenvalue weighted by molar-refractivity contribution is 8.06. The highest BCUT2D eigenvalue weighted by atomic mass is 32.2. The average Bonchev–Trinajstić information content (AvgIpc) is 2.56. The van der Waals surface area contributed by atoms with E-state index in [0.717, 1.165) is 0 Å². The van der Waals surface area contributed by atoms with Gasteiger partial charge in [0, 0.05) is 4.91 Å². The Balaban J connectivity index is 2.19. The van der Waals surface area contributed by atoms with Crippen molar-refractivity contribution in [3.8, 4) is 0 Å². The molecule has 1 aliphatic heterocycles. The molecule has 0 aromatic carbocycles. The maximum absolute atomic E-state index is 11.0. The minimum Gasteiger partial charge on any atom is -0.315 e. The van der Waals surface area contributed by atoms with Gasteiger partial charge in [-0.15, -0.1) is 11.8 Å². The molecular weight excluding hydrogens is 202 g/mol. The monoisotopic (exact) mass is 213 g/mol. The van der Waals surface area contributed by atoms with Crippen LogP contribution in [0.2, 0.25) is 0 Å². The van der Waals surface area contributed by atoms with Crippen molar-refractivity contribution in [2.24, 2.45) is 0 Å². The van der Waals surface area contributed by atoms with Gasteiger partial charge in [-0.1, -0.05) is 17.8 Å². The molecule has 1 amide bonds. The third-order valence-corrected chi connectivity index (χ3v) is 3.96. The van der Waals surface area contributed by atoms with Crippen molar-refractivity contribution in [1.82, 2.24) is 5.32 Å². The molecule has 1 saturated carbocycles. The van der Waals surface area contributed by atoms with E-state index in [4.69, 9.17) is 12.2 Å². The highest BCUT2D eigenvalue weighted by Crippen LogP contribution is 2.33. The van der Waals surface area contributed by atoms with E-state index in [-0.39, 0.29) is 5.91 Å². The van der Waals surface area contributed by atoms with Gasteiger partial charge in [-0.2, -0.15) is 0 Å². The summed E-state index contributed by atoms with van der Waals surface area (Å²) in [5.74, 6) is 0.566. The van der Waals surface area contributed by atoms with E-state index in [1.807, 2.05) is 0 Å². The Bertz CT molecular complexity index is 288. The molecule has 0 unspecified atom stereocenters. The number of carbonyl (C=O) groups excluding carboxylic acids is 1. The third kappa shape index (κ3) is 1.94. The molecule has 4 heteroatoms.